The number of phenolic OH excluding ortho intramolecular Hbond substituents is 1. The third-order valence-electron chi connectivity index (χ3n) is 3.17. The summed E-state index contributed by atoms with van der Waals surface area (Å²) in [7, 11) is 0. The molecule has 1 aliphatic carbocycles. The molecule has 0 radical (unpaired) electrons. The first-order chi connectivity index (χ1) is 6.69. The number of halogens is 1. The smallest absolute Gasteiger partial charge is 0.165 e. The number of benzene rings is 1. The fourth-order valence-corrected chi connectivity index (χ4v) is 2.06. The van der Waals surface area contributed by atoms with Crippen molar-refractivity contribution in [3.63, 3.8) is 0 Å². The highest BCUT2D eigenvalue weighted by Gasteiger charge is 2.40. The molecule has 1 aliphatic rings. The van der Waals surface area contributed by atoms with E-state index < -0.39 is 11.2 Å². The van der Waals surface area contributed by atoms with Crippen LogP contribution in [0.15, 0.2) is 18.2 Å². The first kappa shape index (κ1) is 9.46. The van der Waals surface area contributed by atoms with Crippen LogP contribution in [0.2, 0.25) is 0 Å². The quantitative estimate of drug-likeness (QED) is 0.759. The minimum atomic E-state index is -0.609. The third kappa shape index (κ3) is 1.20. The van der Waals surface area contributed by atoms with Gasteiger partial charge in [-0.2, -0.15) is 0 Å². The Morgan fingerprint density at radius 2 is 2.07 bits per heavy atom. The Labute approximate surface area is 82.0 Å². The first-order valence-electron chi connectivity index (χ1n) is 4.78. The lowest BCUT2D eigenvalue weighted by Gasteiger charge is -2.41. The van der Waals surface area contributed by atoms with Crippen LogP contribution in [-0.2, 0) is 5.41 Å². The molecule has 0 heterocycles. The van der Waals surface area contributed by atoms with Crippen LogP contribution in [0, 0.1) is 5.82 Å². The Morgan fingerprint density at radius 3 is 2.57 bits per heavy atom. The lowest BCUT2D eigenvalue weighted by Crippen LogP contribution is -2.38. The molecule has 2 rings (SSSR count). The number of rotatable bonds is 2. The van der Waals surface area contributed by atoms with Gasteiger partial charge in [-0.25, -0.2) is 4.39 Å². The molecule has 3 heteroatoms. The second kappa shape index (κ2) is 3.24. The topological polar surface area (TPSA) is 40.5 Å². The summed E-state index contributed by atoms with van der Waals surface area (Å²) in [5.74, 6) is -0.913. The highest BCUT2D eigenvalue weighted by atomic mass is 19.1. The summed E-state index contributed by atoms with van der Waals surface area (Å²) >= 11 is 0. The van der Waals surface area contributed by atoms with Gasteiger partial charge in [0.2, 0.25) is 0 Å². The minimum Gasteiger partial charge on any atom is -0.505 e. The molecule has 76 valence electrons. The summed E-state index contributed by atoms with van der Waals surface area (Å²) in [6, 6.07) is 4.48. The van der Waals surface area contributed by atoms with Gasteiger partial charge in [0.15, 0.2) is 11.6 Å². The maximum atomic E-state index is 13.1. The summed E-state index contributed by atoms with van der Waals surface area (Å²) in [6.45, 7) is -0.0238. The number of hydrogen-bond donors (Lipinski definition) is 2. The van der Waals surface area contributed by atoms with Crippen LogP contribution in [0.5, 0.6) is 5.75 Å². The average molecular weight is 196 g/mol. The second-order valence-corrected chi connectivity index (χ2v) is 3.93. The molecular formula is C11H13FO2. The molecule has 14 heavy (non-hydrogen) atoms. The number of phenols is 1. The number of para-hydroxylation sites is 1. The van der Waals surface area contributed by atoms with Crippen LogP contribution in [0.25, 0.3) is 0 Å². The van der Waals surface area contributed by atoms with E-state index in [1.54, 1.807) is 12.1 Å². The Hall–Kier alpha value is -1.09. The van der Waals surface area contributed by atoms with Gasteiger partial charge in [-0.3, -0.25) is 0 Å². The predicted octanol–water partition coefficient (Wildman–Crippen LogP) is 1.95. The number of aromatic hydroxyl groups is 1. The monoisotopic (exact) mass is 196 g/mol. The van der Waals surface area contributed by atoms with Crippen molar-refractivity contribution in [2.75, 3.05) is 6.61 Å². The van der Waals surface area contributed by atoms with Gasteiger partial charge in [-0.05, 0) is 18.9 Å². The molecule has 0 unspecified atom stereocenters. The van der Waals surface area contributed by atoms with Gasteiger partial charge in [-0.1, -0.05) is 18.6 Å². The molecule has 0 aliphatic heterocycles. The second-order valence-electron chi connectivity index (χ2n) is 3.93. The SMILES string of the molecule is OCC1(c2cccc(F)c2O)CCC1. The van der Waals surface area contributed by atoms with E-state index in [0.29, 0.717) is 5.56 Å². The van der Waals surface area contributed by atoms with Gasteiger partial charge in [0.05, 0.1) is 6.61 Å². The fourth-order valence-electron chi connectivity index (χ4n) is 2.06. The van der Waals surface area contributed by atoms with Gasteiger partial charge in [0.25, 0.3) is 0 Å². The van der Waals surface area contributed by atoms with Crippen LogP contribution < -0.4 is 0 Å². The van der Waals surface area contributed by atoms with Crippen molar-refractivity contribution in [2.45, 2.75) is 24.7 Å². The van der Waals surface area contributed by atoms with Crippen LogP contribution >= 0.6 is 0 Å². The highest BCUT2D eigenvalue weighted by molar-refractivity contribution is 5.41. The van der Waals surface area contributed by atoms with Crippen LogP contribution in [0.4, 0.5) is 4.39 Å². The van der Waals surface area contributed by atoms with Crippen molar-refractivity contribution < 1.29 is 14.6 Å². The van der Waals surface area contributed by atoms with Gasteiger partial charge >= 0.3 is 0 Å². The third-order valence-corrected chi connectivity index (χ3v) is 3.17. The van der Waals surface area contributed by atoms with Gasteiger partial charge in [0.1, 0.15) is 0 Å². The number of aliphatic hydroxyl groups excluding tert-OH is 1. The molecule has 0 amide bonds. The van der Waals surface area contributed by atoms with Gasteiger partial charge in [-0.15, -0.1) is 0 Å². The van der Waals surface area contributed by atoms with Crippen molar-refractivity contribution in [3.05, 3.63) is 29.6 Å². The largest absolute Gasteiger partial charge is 0.505 e. The van der Waals surface area contributed by atoms with Crippen molar-refractivity contribution >= 4 is 0 Å². The molecular weight excluding hydrogens is 183 g/mol. The molecule has 0 saturated heterocycles. The lowest BCUT2D eigenvalue weighted by atomic mass is 9.65. The maximum Gasteiger partial charge on any atom is 0.165 e. The summed E-state index contributed by atoms with van der Waals surface area (Å²) in [6.07, 6.45) is 2.66. The molecule has 2 N–H and O–H groups in total. The Kier molecular flexibility index (Phi) is 2.19. The number of aliphatic hydroxyl groups is 1. The van der Waals surface area contributed by atoms with E-state index in [1.165, 1.54) is 6.07 Å². The van der Waals surface area contributed by atoms with E-state index in [-0.39, 0.29) is 12.4 Å². The zero-order valence-electron chi connectivity index (χ0n) is 7.83. The average Bonchev–Trinajstić information content (AvgIpc) is 2.11. The van der Waals surface area contributed by atoms with E-state index >= 15 is 0 Å². The molecule has 2 nitrogen and oxygen atoms in total. The lowest BCUT2D eigenvalue weighted by molar-refractivity contribution is 0.117. The number of hydrogen-bond acceptors (Lipinski definition) is 2. The molecule has 1 aromatic carbocycles. The predicted molar refractivity (Wildman–Crippen MR) is 50.7 cm³/mol. The summed E-state index contributed by atoms with van der Waals surface area (Å²) in [5.41, 5.74) is 0.151. The highest BCUT2D eigenvalue weighted by Crippen LogP contribution is 2.46. The van der Waals surface area contributed by atoms with E-state index in [4.69, 9.17) is 0 Å². The Morgan fingerprint density at radius 1 is 1.36 bits per heavy atom. The Bertz CT molecular complexity index is 340. The van der Waals surface area contributed by atoms with E-state index in [9.17, 15) is 14.6 Å². The van der Waals surface area contributed by atoms with Crippen LogP contribution in [0.1, 0.15) is 24.8 Å². The molecule has 0 atom stereocenters. The summed E-state index contributed by atoms with van der Waals surface area (Å²) < 4.78 is 13.1. The standard InChI is InChI=1S/C11H13FO2/c12-9-4-1-3-8(10(9)14)11(7-13)5-2-6-11/h1,3-4,13-14H,2,5-7H2. The van der Waals surface area contributed by atoms with Gasteiger partial charge in [0, 0.05) is 11.0 Å². The molecule has 1 fully saturated rings. The van der Waals surface area contributed by atoms with Crippen molar-refractivity contribution in [3.8, 4) is 5.75 Å². The molecule has 1 aromatic rings. The zero-order valence-corrected chi connectivity index (χ0v) is 7.83. The van der Waals surface area contributed by atoms with E-state index in [2.05, 4.69) is 0 Å². The van der Waals surface area contributed by atoms with Crippen LogP contribution in [0.3, 0.4) is 0 Å². The first-order valence-corrected chi connectivity index (χ1v) is 4.78. The normalized spacial score (nSPS) is 19.0. The molecule has 0 bridgehead atoms. The molecule has 1 saturated carbocycles. The van der Waals surface area contributed by atoms with Crippen molar-refractivity contribution in [2.24, 2.45) is 0 Å². The van der Waals surface area contributed by atoms with Crippen molar-refractivity contribution in [1.29, 1.82) is 0 Å². The maximum absolute atomic E-state index is 13.1. The van der Waals surface area contributed by atoms with E-state index in [0.717, 1.165) is 19.3 Å². The minimum absolute atomic E-state index is 0.0238. The molecule has 0 spiro atoms. The van der Waals surface area contributed by atoms with E-state index in [1.807, 2.05) is 0 Å². The molecule has 0 aromatic heterocycles. The summed E-state index contributed by atoms with van der Waals surface area (Å²) in [5, 5.41) is 18.8. The fraction of sp³-hybridized carbons (Fsp3) is 0.455. The zero-order chi connectivity index (χ0) is 10.2. The van der Waals surface area contributed by atoms with Crippen LogP contribution in [-0.4, -0.2) is 16.8 Å². The Balaban J connectivity index is 2.45. The van der Waals surface area contributed by atoms with Crippen molar-refractivity contribution in [1.82, 2.24) is 0 Å². The van der Waals surface area contributed by atoms with Gasteiger partial charge < -0.3 is 10.2 Å². The summed E-state index contributed by atoms with van der Waals surface area (Å²) in [4.78, 5) is 0.